The fourth-order valence-electron chi connectivity index (χ4n) is 1.65. The molecule has 0 aliphatic rings. The molecule has 0 aliphatic heterocycles. The topological polar surface area (TPSA) is 65.0 Å². The zero-order valence-corrected chi connectivity index (χ0v) is 10.4. The fourth-order valence-corrected chi connectivity index (χ4v) is 1.65. The van der Waals surface area contributed by atoms with E-state index in [2.05, 4.69) is 0 Å². The average molecular weight is 240 g/mol. The van der Waals surface area contributed by atoms with E-state index in [0.29, 0.717) is 17.9 Å². The number of hydrogen-bond donors (Lipinski definition) is 1. The lowest BCUT2D eigenvalue weighted by Crippen LogP contribution is -2.07. The summed E-state index contributed by atoms with van der Waals surface area (Å²) < 4.78 is 15.6. The van der Waals surface area contributed by atoms with Crippen LogP contribution in [-0.4, -0.2) is 31.9 Å². The minimum atomic E-state index is -1.09. The Kier molecular flexibility index (Phi) is 4.20. The molecule has 0 atom stereocenters. The van der Waals surface area contributed by atoms with Crippen LogP contribution in [0.2, 0.25) is 0 Å². The molecule has 0 unspecified atom stereocenters. The quantitative estimate of drug-likeness (QED) is 0.853. The Balaban J connectivity index is 3.51. The molecule has 0 aromatic heterocycles. The van der Waals surface area contributed by atoms with E-state index in [0.717, 1.165) is 0 Å². The highest BCUT2D eigenvalue weighted by molar-refractivity contribution is 5.95. The first-order valence-electron chi connectivity index (χ1n) is 5.18. The second kappa shape index (κ2) is 5.43. The van der Waals surface area contributed by atoms with Crippen LogP contribution in [0, 0.1) is 6.92 Å². The van der Waals surface area contributed by atoms with Crippen molar-refractivity contribution in [3.8, 4) is 17.2 Å². The van der Waals surface area contributed by atoms with Crippen molar-refractivity contribution in [1.82, 2.24) is 0 Å². The van der Waals surface area contributed by atoms with Gasteiger partial charge in [0.25, 0.3) is 0 Å². The predicted octanol–water partition coefficient (Wildman–Crippen LogP) is 2.11. The number of carboxylic acids is 1. The first kappa shape index (κ1) is 13.2. The Bertz CT molecular complexity index is 425. The first-order valence-corrected chi connectivity index (χ1v) is 5.18. The molecule has 1 rings (SSSR count). The number of carboxylic acid groups (broad SMARTS) is 1. The Morgan fingerprint density at radius 1 is 1.29 bits per heavy atom. The van der Waals surface area contributed by atoms with Crippen LogP contribution in [0.4, 0.5) is 0 Å². The van der Waals surface area contributed by atoms with Gasteiger partial charge in [-0.2, -0.15) is 0 Å². The van der Waals surface area contributed by atoms with Crippen LogP contribution in [0.3, 0.4) is 0 Å². The third kappa shape index (κ3) is 2.43. The van der Waals surface area contributed by atoms with Gasteiger partial charge in [0.2, 0.25) is 0 Å². The fraction of sp³-hybridized carbons (Fsp3) is 0.417. The Hall–Kier alpha value is -1.91. The minimum absolute atomic E-state index is 0.0210. The monoisotopic (exact) mass is 240 g/mol. The third-order valence-electron chi connectivity index (χ3n) is 2.38. The molecular weight excluding hydrogens is 224 g/mol. The lowest BCUT2D eigenvalue weighted by molar-refractivity contribution is 0.0688. The molecule has 0 aliphatic carbocycles. The maximum atomic E-state index is 11.2. The van der Waals surface area contributed by atoms with Crippen molar-refractivity contribution in [2.45, 2.75) is 13.8 Å². The van der Waals surface area contributed by atoms with Crippen molar-refractivity contribution in [2.24, 2.45) is 0 Å². The van der Waals surface area contributed by atoms with Crippen molar-refractivity contribution >= 4 is 5.97 Å². The van der Waals surface area contributed by atoms with E-state index in [-0.39, 0.29) is 17.1 Å². The van der Waals surface area contributed by atoms with Gasteiger partial charge >= 0.3 is 5.97 Å². The normalized spacial score (nSPS) is 9.88. The molecule has 0 saturated carbocycles. The van der Waals surface area contributed by atoms with Crippen molar-refractivity contribution in [3.05, 3.63) is 17.2 Å². The van der Waals surface area contributed by atoms with E-state index in [1.54, 1.807) is 19.9 Å². The van der Waals surface area contributed by atoms with Crippen LogP contribution in [0.25, 0.3) is 0 Å². The second-order valence-electron chi connectivity index (χ2n) is 3.35. The van der Waals surface area contributed by atoms with E-state index in [9.17, 15) is 9.90 Å². The number of hydrogen-bond acceptors (Lipinski definition) is 4. The third-order valence-corrected chi connectivity index (χ3v) is 2.38. The number of rotatable bonds is 5. The molecule has 5 heteroatoms. The van der Waals surface area contributed by atoms with Crippen molar-refractivity contribution in [2.75, 3.05) is 20.8 Å². The first-order chi connectivity index (χ1) is 8.06. The molecule has 5 nitrogen and oxygen atoms in total. The van der Waals surface area contributed by atoms with Gasteiger partial charge in [-0.3, -0.25) is 0 Å². The summed E-state index contributed by atoms with van der Waals surface area (Å²) in [6.07, 6.45) is 0. The van der Waals surface area contributed by atoms with E-state index in [1.807, 2.05) is 0 Å². The highest BCUT2D eigenvalue weighted by Gasteiger charge is 2.23. The molecule has 1 N–H and O–H groups in total. The smallest absolute Gasteiger partial charge is 0.343 e. The van der Waals surface area contributed by atoms with Crippen LogP contribution in [0.5, 0.6) is 17.2 Å². The molecule has 0 amide bonds. The highest BCUT2D eigenvalue weighted by Crippen LogP contribution is 2.38. The Morgan fingerprint density at radius 3 is 2.35 bits per heavy atom. The van der Waals surface area contributed by atoms with Gasteiger partial charge < -0.3 is 19.3 Å². The van der Waals surface area contributed by atoms with Gasteiger partial charge in [0.15, 0.2) is 0 Å². The van der Waals surface area contributed by atoms with Gasteiger partial charge in [-0.05, 0) is 13.8 Å². The molecule has 1 aromatic carbocycles. The summed E-state index contributed by atoms with van der Waals surface area (Å²) in [4.78, 5) is 11.2. The Labute approximate surface area is 99.9 Å². The van der Waals surface area contributed by atoms with Crippen LogP contribution in [-0.2, 0) is 0 Å². The molecule has 17 heavy (non-hydrogen) atoms. The average Bonchev–Trinajstić information content (AvgIpc) is 2.30. The van der Waals surface area contributed by atoms with E-state index in [4.69, 9.17) is 14.2 Å². The van der Waals surface area contributed by atoms with Crippen LogP contribution in [0.1, 0.15) is 22.8 Å². The van der Waals surface area contributed by atoms with Crippen LogP contribution in [0.15, 0.2) is 6.07 Å². The molecule has 0 fully saturated rings. The Morgan fingerprint density at radius 2 is 1.94 bits per heavy atom. The summed E-state index contributed by atoms with van der Waals surface area (Å²) in [6, 6.07) is 1.56. The van der Waals surface area contributed by atoms with Crippen LogP contribution >= 0.6 is 0 Å². The zero-order chi connectivity index (χ0) is 13.0. The lowest BCUT2D eigenvalue weighted by Gasteiger charge is -2.16. The van der Waals surface area contributed by atoms with Gasteiger partial charge in [0, 0.05) is 11.6 Å². The van der Waals surface area contributed by atoms with Crippen molar-refractivity contribution in [1.29, 1.82) is 0 Å². The number of benzene rings is 1. The van der Waals surface area contributed by atoms with Gasteiger partial charge in [-0.1, -0.05) is 0 Å². The number of ether oxygens (including phenoxy) is 3. The summed E-state index contributed by atoms with van der Waals surface area (Å²) in [7, 11) is 2.93. The van der Waals surface area contributed by atoms with Gasteiger partial charge in [-0.25, -0.2) is 4.79 Å². The summed E-state index contributed by atoms with van der Waals surface area (Å²) in [5.41, 5.74) is 0.656. The standard InChI is InChI=1S/C12H16O5/c1-5-17-9-6-8(15-3)7(2)11(16-4)10(9)12(13)14/h6H,5H2,1-4H3,(H,13,14). The van der Waals surface area contributed by atoms with Crippen LogP contribution < -0.4 is 14.2 Å². The molecule has 0 spiro atoms. The lowest BCUT2D eigenvalue weighted by atomic mass is 10.1. The molecule has 1 aromatic rings. The van der Waals surface area contributed by atoms with E-state index in [1.165, 1.54) is 14.2 Å². The summed E-state index contributed by atoms with van der Waals surface area (Å²) >= 11 is 0. The van der Waals surface area contributed by atoms with Crippen molar-refractivity contribution < 1.29 is 24.1 Å². The SMILES string of the molecule is CCOc1cc(OC)c(C)c(OC)c1C(=O)O. The molecule has 0 heterocycles. The highest BCUT2D eigenvalue weighted by atomic mass is 16.5. The van der Waals surface area contributed by atoms with E-state index < -0.39 is 5.97 Å². The number of carbonyl (C=O) groups is 1. The summed E-state index contributed by atoms with van der Waals surface area (Å²) in [6.45, 7) is 3.89. The molecule has 0 saturated heterocycles. The van der Waals surface area contributed by atoms with Gasteiger partial charge in [0.1, 0.15) is 22.8 Å². The van der Waals surface area contributed by atoms with Crippen molar-refractivity contribution in [3.63, 3.8) is 0 Å². The number of methoxy groups -OCH3 is 2. The van der Waals surface area contributed by atoms with Gasteiger partial charge in [0.05, 0.1) is 20.8 Å². The zero-order valence-electron chi connectivity index (χ0n) is 10.4. The molecule has 94 valence electrons. The molecule has 0 bridgehead atoms. The predicted molar refractivity (Wildman–Crippen MR) is 62.4 cm³/mol. The van der Waals surface area contributed by atoms with E-state index >= 15 is 0 Å². The molecular formula is C12H16O5. The van der Waals surface area contributed by atoms with Gasteiger partial charge in [-0.15, -0.1) is 0 Å². The molecule has 0 radical (unpaired) electrons. The second-order valence-corrected chi connectivity index (χ2v) is 3.35. The summed E-state index contributed by atoms with van der Waals surface area (Å²) in [5, 5.41) is 9.19. The maximum absolute atomic E-state index is 11.2. The minimum Gasteiger partial charge on any atom is -0.496 e. The number of aromatic carboxylic acids is 1. The largest absolute Gasteiger partial charge is 0.496 e. The summed E-state index contributed by atoms with van der Waals surface area (Å²) in [5.74, 6) is -0.0362. The maximum Gasteiger partial charge on any atom is 0.343 e.